The van der Waals surface area contributed by atoms with Gasteiger partial charge in [-0.25, -0.2) is 8.42 Å². The molecule has 0 spiro atoms. The largest absolute Gasteiger partial charge is 0.356 e. The molecule has 1 aromatic rings. The van der Waals surface area contributed by atoms with Gasteiger partial charge in [0.15, 0.2) is 14.9 Å². The Morgan fingerprint density at radius 1 is 1.42 bits per heavy atom. The zero-order chi connectivity index (χ0) is 14.1. The minimum atomic E-state index is -2.96. The van der Waals surface area contributed by atoms with E-state index >= 15 is 0 Å². The number of sulfone groups is 1. The number of nitrogens with one attached hydrogen (secondary N) is 2. The number of halogens is 1. The van der Waals surface area contributed by atoms with Crippen LogP contribution in [0.3, 0.4) is 0 Å². The highest BCUT2D eigenvalue weighted by Gasteiger charge is 2.38. The first-order valence-electron chi connectivity index (χ1n) is 5.84. The molecule has 0 amide bonds. The smallest absolute Gasteiger partial charge is 0.171 e. The summed E-state index contributed by atoms with van der Waals surface area (Å²) >= 11 is 11.2. The Kier molecular flexibility index (Phi) is 4.03. The van der Waals surface area contributed by atoms with Gasteiger partial charge in [0, 0.05) is 0 Å². The molecule has 1 saturated heterocycles. The summed E-state index contributed by atoms with van der Waals surface area (Å²) in [5, 5.41) is 7.00. The molecule has 1 aliphatic rings. The first-order chi connectivity index (χ1) is 8.80. The van der Waals surface area contributed by atoms with Crippen molar-refractivity contribution in [1.82, 2.24) is 5.32 Å². The first kappa shape index (κ1) is 14.6. The van der Waals surface area contributed by atoms with Crippen molar-refractivity contribution in [2.24, 2.45) is 0 Å². The molecule has 0 unspecified atom stereocenters. The molecule has 0 aromatic heterocycles. The minimum absolute atomic E-state index is 0.102. The number of rotatable bonds is 2. The fraction of sp³-hybridized carbons (Fsp3) is 0.417. The van der Waals surface area contributed by atoms with Gasteiger partial charge >= 0.3 is 0 Å². The van der Waals surface area contributed by atoms with Gasteiger partial charge in [-0.05, 0) is 37.7 Å². The third-order valence-corrected chi connectivity index (χ3v) is 5.48. The van der Waals surface area contributed by atoms with Crippen LogP contribution < -0.4 is 10.6 Å². The van der Waals surface area contributed by atoms with Crippen molar-refractivity contribution >= 4 is 44.5 Å². The van der Waals surface area contributed by atoms with E-state index in [4.69, 9.17) is 23.8 Å². The summed E-state index contributed by atoms with van der Waals surface area (Å²) < 4.78 is 23.0. The summed E-state index contributed by atoms with van der Waals surface area (Å²) in [5.41, 5.74) is 0.190. The van der Waals surface area contributed by atoms with Crippen LogP contribution in [0.1, 0.15) is 13.3 Å². The predicted molar refractivity (Wildman–Crippen MR) is 82.5 cm³/mol. The lowest BCUT2D eigenvalue weighted by Crippen LogP contribution is -2.48. The maximum absolute atomic E-state index is 11.5. The zero-order valence-electron chi connectivity index (χ0n) is 10.4. The van der Waals surface area contributed by atoms with Crippen LogP contribution in [0.25, 0.3) is 0 Å². The van der Waals surface area contributed by atoms with Crippen molar-refractivity contribution < 1.29 is 8.42 Å². The summed E-state index contributed by atoms with van der Waals surface area (Å²) in [4.78, 5) is 0. The second-order valence-electron chi connectivity index (χ2n) is 4.96. The average Bonchev–Trinajstić information content (AvgIpc) is 2.56. The van der Waals surface area contributed by atoms with Gasteiger partial charge in [-0.1, -0.05) is 23.7 Å². The highest BCUT2D eigenvalue weighted by Crippen LogP contribution is 2.24. The topological polar surface area (TPSA) is 58.2 Å². The third-order valence-electron chi connectivity index (χ3n) is 3.04. The fourth-order valence-electron chi connectivity index (χ4n) is 2.10. The molecule has 0 radical (unpaired) electrons. The Morgan fingerprint density at radius 2 is 2.11 bits per heavy atom. The first-order valence-corrected chi connectivity index (χ1v) is 8.45. The van der Waals surface area contributed by atoms with Crippen molar-refractivity contribution in [3.63, 3.8) is 0 Å². The van der Waals surface area contributed by atoms with Crippen LogP contribution in [0, 0.1) is 0 Å². The van der Waals surface area contributed by atoms with E-state index in [0.717, 1.165) is 0 Å². The van der Waals surface area contributed by atoms with Gasteiger partial charge in [0.05, 0.1) is 27.8 Å². The highest BCUT2D eigenvalue weighted by molar-refractivity contribution is 7.91. The van der Waals surface area contributed by atoms with E-state index in [1.807, 2.05) is 25.1 Å². The van der Waals surface area contributed by atoms with Gasteiger partial charge in [-0.2, -0.15) is 0 Å². The Balaban J connectivity index is 2.01. The van der Waals surface area contributed by atoms with Crippen molar-refractivity contribution in [3.05, 3.63) is 29.3 Å². The number of anilines is 1. The number of hydrogen-bond donors (Lipinski definition) is 2. The predicted octanol–water partition coefficient (Wildman–Crippen LogP) is 2.20. The molecule has 2 rings (SSSR count). The number of benzene rings is 1. The van der Waals surface area contributed by atoms with Crippen LogP contribution in [0.5, 0.6) is 0 Å². The van der Waals surface area contributed by atoms with E-state index in [9.17, 15) is 8.42 Å². The van der Waals surface area contributed by atoms with Crippen molar-refractivity contribution in [1.29, 1.82) is 0 Å². The third kappa shape index (κ3) is 3.81. The van der Waals surface area contributed by atoms with Crippen LogP contribution >= 0.6 is 23.8 Å². The van der Waals surface area contributed by atoms with Crippen molar-refractivity contribution in [2.45, 2.75) is 18.9 Å². The van der Waals surface area contributed by atoms with E-state index in [0.29, 0.717) is 22.2 Å². The van der Waals surface area contributed by atoms with E-state index in [1.54, 1.807) is 6.07 Å². The quantitative estimate of drug-likeness (QED) is 0.819. The van der Waals surface area contributed by atoms with E-state index in [-0.39, 0.29) is 11.5 Å². The molecular formula is C12H15ClN2O2S2. The second-order valence-corrected chi connectivity index (χ2v) is 7.96. The molecule has 1 atom stereocenters. The van der Waals surface area contributed by atoms with Crippen LogP contribution in [-0.4, -0.2) is 30.6 Å². The monoisotopic (exact) mass is 318 g/mol. The Hall–Kier alpha value is -0.850. The molecular weight excluding hydrogens is 304 g/mol. The molecule has 1 aromatic carbocycles. The SMILES string of the molecule is C[C@]1(NC(=S)Nc2ccccc2Cl)CCS(=O)(=O)C1. The second kappa shape index (κ2) is 5.26. The van der Waals surface area contributed by atoms with Crippen LogP contribution in [-0.2, 0) is 9.84 Å². The minimum Gasteiger partial charge on any atom is -0.356 e. The van der Waals surface area contributed by atoms with Crippen LogP contribution in [0.4, 0.5) is 5.69 Å². The van der Waals surface area contributed by atoms with Gasteiger partial charge < -0.3 is 10.6 Å². The maximum Gasteiger partial charge on any atom is 0.171 e. The summed E-state index contributed by atoms with van der Waals surface area (Å²) in [6.07, 6.45) is 0.555. The molecule has 1 fully saturated rings. The van der Waals surface area contributed by atoms with E-state index in [1.165, 1.54) is 0 Å². The molecule has 7 heteroatoms. The van der Waals surface area contributed by atoms with Gasteiger partial charge in [0.25, 0.3) is 0 Å². The van der Waals surface area contributed by atoms with Crippen LogP contribution in [0.2, 0.25) is 5.02 Å². The Bertz CT molecular complexity index is 604. The zero-order valence-corrected chi connectivity index (χ0v) is 12.8. The van der Waals surface area contributed by atoms with Gasteiger partial charge in [-0.15, -0.1) is 0 Å². The normalized spacial score (nSPS) is 24.9. The average molecular weight is 319 g/mol. The summed E-state index contributed by atoms with van der Waals surface area (Å²) in [6.45, 7) is 1.86. The molecule has 0 saturated carbocycles. The lowest BCUT2D eigenvalue weighted by Gasteiger charge is -2.26. The Labute approximate surface area is 123 Å². The number of thiocarbonyl (C=S) groups is 1. The summed E-state index contributed by atoms with van der Waals surface area (Å²) in [5.74, 6) is 0.301. The molecule has 2 N–H and O–H groups in total. The Morgan fingerprint density at radius 3 is 2.68 bits per heavy atom. The van der Waals surface area contributed by atoms with Crippen molar-refractivity contribution in [3.8, 4) is 0 Å². The molecule has 4 nitrogen and oxygen atoms in total. The van der Waals surface area contributed by atoms with Gasteiger partial charge in [0.2, 0.25) is 0 Å². The van der Waals surface area contributed by atoms with E-state index in [2.05, 4.69) is 10.6 Å². The highest BCUT2D eigenvalue weighted by atomic mass is 35.5. The molecule has 19 heavy (non-hydrogen) atoms. The maximum atomic E-state index is 11.5. The summed E-state index contributed by atoms with van der Waals surface area (Å²) in [7, 11) is -2.96. The van der Waals surface area contributed by atoms with Gasteiger partial charge in [-0.3, -0.25) is 0 Å². The number of para-hydroxylation sites is 1. The standard InChI is InChI=1S/C12H15ClN2O2S2/c1-12(6-7-19(16,17)8-12)15-11(18)14-10-5-3-2-4-9(10)13/h2-5H,6-8H2,1H3,(H2,14,15,18)/t12-/m0/s1. The van der Waals surface area contributed by atoms with Gasteiger partial charge in [0.1, 0.15) is 0 Å². The molecule has 0 bridgehead atoms. The molecule has 1 heterocycles. The van der Waals surface area contributed by atoms with E-state index < -0.39 is 15.4 Å². The summed E-state index contributed by atoms with van der Waals surface area (Å²) in [6, 6.07) is 7.24. The lowest BCUT2D eigenvalue weighted by molar-refractivity contribution is 0.474. The molecule has 104 valence electrons. The fourth-order valence-corrected chi connectivity index (χ4v) is 4.73. The molecule has 0 aliphatic carbocycles. The van der Waals surface area contributed by atoms with Crippen molar-refractivity contribution in [2.75, 3.05) is 16.8 Å². The number of hydrogen-bond acceptors (Lipinski definition) is 3. The van der Waals surface area contributed by atoms with Crippen LogP contribution in [0.15, 0.2) is 24.3 Å². The lowest BCUT2D eigenvalue weighted by atomic mass is 10.0. The molecule has 1 aliphatic heterocycles.